The number of hydrogen-bond acceptors (Lipinski definition) is 6. The van der Waals surface area contributed by atoms with Crippen LogP contribution in [0.3, 0.4) is 0 Å². The zero-order chi connectivity index (χ0) is 24.5. The lowest BCUT2D eigenvalue weighted by Crippen LogP contribution is -2.43. The minimum Gasteiger partial charge on any atom is -0.490 e. The molecule has 0 aliphatic carbocycles. The first kappa shape index (κ1) is 24.8. The number of nitriles is 1. The fourth-order valence-corrected chi connectivity index (χ4v) is 3.38. The highest BCUT2D eigenvalue weighted by Crippen LogP contribution is 2.29. The van der Waals surface area contributed by atoms with Crippen LogP contribution in [0.5, 0.6) is 11.5 Å². The molecule has 2 amide bonds. The van der Waals surface area contributed by atoms with Gasteiger partial charge in [-0.15, -0.1) is 0 Å². The van der Waals surface area contributed by atoms with E-state index in [1.165, 1.54) is 6.08 Å². The van der Waals surface area contributed by atoms with E-state index >= 15 is 0 Å². The van der Waals surface area contributed by atoms with Crippen molar-refractivity contribution < 1.29 is 23.8 Å². The minimum absolute atomic E-state index is 0.0446. The number of anilines is 1. The summed E-state index contributed by atoms with van der Waals surface area (Å²) in [6.45, 7) is 8.20. The van der Waals surface area contributed by atoms with Gasteiger partial charge >= 0.3 is 0 Å². The molecule has 1 fully saturated rings. The van der Waals surface area contributed by atoms with Gasteiger partial charge in [-0.25, -0.2) is 0 Å². The van der Waals surface area contributed by atoms with Gasteiger partial charge in [-0.05, 0) is 67.8 Å². The number of carbonyl (C=O) groups excluding carboxylic acids is 2. The Bertz CT molecular complexity index is 1110. The molecule has 8 heteroatoms. The van der Waals surface area contributed by atoms with Crippen molar-refractivity contribution in [2.75, 3.05) is 44.8 Å². The van der Waals surface area contributed by atoms with E-state index in [0.717, 1.165) is 11.1 Å². The molecule has 0 atom stereocenters. The fraction of sp³-hybridized carbons (Fsp3) is 0.346. The van der Waals surface area contributed by atoms with Crippen LogP contribution in [0.4, 0.5) is 5.69 Å². The van der Waals surface area contributed by atoms with E-state index in [2.05, 4.69) is 5.32 Å². The topological polar surface area (TPSA) is 101 Å². The number of hydrogen-bond donors (Lipinski definition) is 1. The summed E-state index contributed by atoms with van der Waals surface area (Å²) in [5.41, 5.74) is 3.34. The number of carbonyl (C=O) groups is 2. The van der Waals surface area contributed by atoms with Crippen molar-refractivity contribution in [1.29, 1.82) is 5.26 Å². The molecule has 8 nitrogen and oxygen atoms in total. The van der Waals surface area contributed by atoms with E-state index in [4.69, 9.17) is 14.2 Å². The number of morpholine rings is 1. The van der Waals surface area contributed by atoms with Gasteiger partial charge in [0, 0.05) is 18.8 Å². The largest absolute Gasteiger partial charge is 0.490 e. The third-order valence-corrected chi connectivity index (χ3v) is 5.42. The Kier molecular flexibility index (Phi) is 8.66. The molecule has 1 heterocycles. The maximum Gasteiger partial charge on any atom is 0.266 e. The zero-order valence-electron chi connectivity index (χ0n) is 19.7. The van der Waals surface area contributed by atoms with Crippen LogP contribution in [-0.4, -0.2) is 56.2 Å². The molecule has 3 rings (SSSR count). The first-order valence-corrected chi connectivity index (χ1v) is 11.2. The summed E-state index contributed by atoms with van der Waals surface area (Å²) in [4.78, 5) is 26.7. The van der Waals surface area contributed by atoms with Crippen LogP contribution in [0.25, 0.3) is 6.08 Å². The van der Waals surface area contributed by atoms with E-state index in [-0.39, 0.29) is 18.1 Å². The van der Waals surface area contributed by atoms with Crippen molar-refractivity contribution in [1.82, 2.24) is 4.90 Å². The van der Waals surface area contributed by atoms with E-state index in [1.807, 2.05) is 39.0 Å². The average molecular weight is 464 g/mol. The SMILES string of the molecule is CCOc1cc(/C=C(/C#N)C(=O)Nc2ccc(C)c(C)c2)ccc1OCC(=O)N1CCOCC1. The predicted octanol–water partition coefficient (Wildman–Crippen LogP) is 3.49. The molecular formula is C26H29N3O5. The molecule has 0 bridgehead atoms. The lowest BCUT2D eigenvalue weighted by molar-refractivity contribution is -0.137. The second-order valence-electron chi connectivity index (χ2n) is 7.84. The molecule has 0 radical (unpaired) electrons. The molecule has 1 aliphatic rings. The Morgan fingerprint density at radius 3 is 2.53 bits per heavy atom. The van der Waals surface area contributed by atoms with Crippen molar-refractivity contribution in [3.63, 3.8) is 0 Å². The van der Waals surface area contributed by atoms with Crippen LogP contribution in [0.2, 0.25) is 0 Å². The minimum atomic E-state index is -0.500. The van der Waals surface area contributed by atoms with E-state index < -0.39 is 5.91 Å². The fourth-order valence-electron chi connectivity index (χ4n) is 3.38. The van der Waals surface area contributed by atoms with Crippen molar-refractivity contribution in [2.24, 2.45) is 0 Å². The number of amides is 2. The third-order valence-electron chi connectivity index (χ3n) is 5.42. The zero-order valence-corrected chi connectivity index (χ0v) is 19.7. The molecule has 2 aromatic rings. The van der Waals surface area contributed by atoms with Crippen LogP contribution in [-0.2, 0) is 14.3 Å². The number of aryl methyl sites for hydroxylation is 2. The Balaban J connectivity index is 1.72. The highest BCUT2D eigenvalue weighted by molar-refractivity contribution is 6.09. The van der Waals surface area contributed by atoms with Crippen LogP contribution < -0.4 is 14.8 Å². The second-order valence-corrected chi connectivity index (χ2v) is 7.84. The molecule has 34 heavy (non-hydrogen) atoms. The molecule has 0 saturated carbocycles. The Morgan fingerprint density at radius 2 is 1.85 bits per heavy atom. The van der Waals surface area contributed by atoms with Crippen molar-refractivity contribution >= 4 is 23.6 Å². The highest BCUT2D eigenvalue weighted by Gasteiger charge is 2.18. The lowest BCUT2D eigenvalue weighted by Gasteiger charge is -2.26. The van der Waals surface area contributed by atoms with Crippen LogP contribution in [0, 0.1) is 25.2 Å². The van der Waals surface area contributed by atoms with Crippen molar-refractivity contribution in [2.45, 2.75) is 20.8 Å². The maximum atomic E-state index is 12.6. The Labute approximate surface area is 199 Å². The normalized spacial score (nSPS) is 13.7. The van der Waals surface area contributed by atoms with Gasteiger partial charge in [0.05, 0.1) is 19.8 Å². The summed E-state index contributed by atoms with van der Waals surface area (Å²) >= 11 is 0. The third kappa shape index (κ3) is 6.59. The maximum absolute atomic E-state index is 12.6. The van der Waals surface area contributed by atoms with Gasteiger partial charge in [-0.3, -0.25) is 9.59 Å². The predicted molar refractivity (Wildman–Crippen MR) is 129 cm³/mol. The summed E-state index contributed by atoms with van der Waals surface area (Å²) < 4.78 is 16.7. The Hall–Kier alpha value is -3.83. The molecule has 1 saturated heterocycles. The summed E-state index contributed by atoms with van der Waals surface area (Å²) in [6, 6.07) is 12.6. The van der Waals surface area contributed by atoms with E-state index in [1.54, 1.807) is 29.2 Å². The molecule has 1 N–H and O–H groups in total. The van der Waals surface area contributed by atoms with Gasteiger partial charge in [0.1, 0.15) is 11.6 Å². The van der Waals surface area contributed by atoms with Gasteiger partial charge in [-0.1, -0.05) is 12.1 Å². The number of rotatable bonds is 8. The molecule has 0 aromatic heterocycles. The van der Waals surface area contributed by atoms with Crippen LogP contribution >= 0.6 is 0 Å². The Morgan fingerprint density at radius 1 is 1.09 bits per heavy atom. The molecule has 0 spiro atoms. The first-order valence-electron chi connectivity index (χ1n) is 11.2. The number of nitrogens with one attached hydrogen (secondary N) is 1. The van der Waals surface area contributed by atoms with E-state index in [9.17, 15) is 14.9 Å². The molecule has 1 aliphatic heterocycles. The standard InChI is InChI=1S/C26H29N3O5/c1-4-33-24-15-20(6-8-23(24)34-17-25(30)29-9-11-32-12-10-29)14-21(16-27)26(31)28-22-7-5-18(2)19(3)13-22/h5-8,13-15H,4,9-12,17H2,1-3H3,(H,28,31)/b21-14-. The summed E-state index contributed by atoms with van der Waals surface area (Å²) in [7, 11) is 0. The van der Waals surface area contributed by atoms with Gasteiger partial charge in [0.2, 0.25) is 0 Å². The quantitative estimate of drug-likeness (QED) is 0.475. The first-order chi connectivity index (χ1) is 16.4. The molecule has 0 unspecified atom stereocenters. The highest BCUT2D eigenvalue weighted by atomic mass is 16.5. The van der Waals surface area contributed by atoms with Gasteiger partial charge < -0.3 is 24.4 Å². The van der Waals surface area contributed by atoms with E-state index in [0.29, 0.717) is 55.7 Å². The van der Waals surface area contributed by atoms with Crippen LogP contribution in [0.15, 0.2) is 42.0 Å². The number of nitrogens with zero attached hydrogens (tertiary/aromatic N) is 2. The number of ether oxygens (including phenoxy) is 3. The smallest absolute Gasteiger partial charge is 0.266 e. The summed E-state index contributed by atoms with van der Waals surface area (Å²) in [6.07, 6.45) is 1.49. The molecule has 2 aromatic carbocycles. The van der Waals surface area contributed by atoms with Crippen molar-refractivity contribution in [3.05, 3.63) is 58.7 Å². The van der Waals surface area contributed by atoms with Gasteiger partial charge in [-0.2, -0.15) is 5.26 Å². The van der Waals surface area contributed by atoms with Crippen molar-refractivity contribution in [3.8, 4) is 17.6 Å². The molecule has 178 valence electrons. The summed E-state index contributed by atoms with van der Waals surface area (Å²) in [5, 5.41) is 12.3. The lowest BCUT2D eigenvalue weighted by atomic mass is 10.1. The summed E-state index contributed by atoms with van der Waals surface area (Å²) in [5.74, 6) is 0.223. The average Bonchev–Trinajstić information content (AvgIpc) is 2.84. The number of benzene rings is 2. The second kappa shape index (κ2) is 11.9. The van der Waals surface area contributed by atoms with Gasteiger partial charge in [0.25, 0.3) is 11.8 Å². The van der Waals surface area contributed by atoms with Gasteiger partial charge in [0.15, 0.2) is 18.1 Å². The molecular weight excluding hydrogens is 434 g/mol. The van der Waals surface area contributed by atoms with Crippen LogP contribution in [0.1, 0.15) is 23.6 Å². The monoisotopic (exact) mass is 463 g/mol.